The lowest BCUT2D eigenvalue weighted by Crippen LogP contribution is -2.23. The van der Waals surface area contributed by atoms with E-state index in [0.29, 0.717) is 21.5 Å². The van der Waals surface area contributed by atoms with Crippen molar-refractivity contribution in [1.82, 2.24) is 15.0 Å². The van der Waals surface area contributed by atoms with Crippen molar-refractivity contribution in [3.63, 3.8) is 0 Å². The number of hydrogen-bond donors (Lipinski definition) is 1. The molecule has 1 heterocycles. The van der Waals surface area contributed by atoms with Gasteiger partial charge in [0.2, 0.25) is 0 Å². The van der Waals surface area contributed by atoms with Gasteiger partial charge in [0.15, 0.2) is 0 Å². The number of benzene rings is 2. The summed E-state index contributed by atoms with van der Waals surface area (Å²) in [6.07, 6.45) is 0. The molecular weight excluding hydrogens is 291 g/mol. The van der Waals surface area contributed by atoms with Gasteiger partial charge in [0.25, 0.3) is 5.56 Å². The van der Waals surface area contributed by atoms with Gasteiger partial charge in [0.1, 0.15) is 11.3 Å². The van der Waals surface area contributed by atoms with Gasteiger partial charge < -0.3 is 5.73 Å². The van der Waals surface area contributed by atoms with E-state index in [1.807, 2.05) is 0 Å². The molecule has 2 aromatic carbocycles. The van der Waals surface area contributed by atoms with Crippen LogP contribution in [0.25, 0.3) is 10.9 Å². The van der Waals surface area contributed by atoms with E-state index in [9.17, 15) is 9.18 Å². The predicted octanol–water partition coefficient (Wildman–Crippen LogP) is 2.26. The van der Waals surface area contributed by atoms with Crippen LogP contribution in [-0.4, -0.2) is 15.0 Å². The molecule has 0 atom stereocenters. The first kappa shape index (κ1) is 13.6. The number of rotatable bonds is 3. The molecule has 5 nitrogen and oxygen atoms in total. The van der Waals surface area contributed by atoms with E-state index >= 15 is 0 Å². The number of aromatic nitrogens is 3. The van der Waals surface area contributed by atoms with Gasteiger partial charge in [-0.05, 0) is 30.3 Å². The zero-order valence-corrected chi connectivity index (χ0v) is 11.7. The third-order valence-electron chi connectivity index (χ3n) is 2.93. The first-order valence-corrected chi connectivity index (χ1v) is 7.14. The van der Waals surface area contributed by atoms with Crippen molar-refractivity contribution in [1.29, 1.82) is 0 Å². The molecule has 21 heavy (non-hydrogen) atoms. The molecule has 0 spiro atoms. The number of anilines is 1. The second-order valence-corrected chi connectivity index (χ2v) is 5.36. The Bertz CT molecular complexity index is 865. The van der Waals surface area contributed by atoms with Crippen LogP contribution in [0.4, 0.5) is 10.1 Å². The molecule has 0 aliphatic rings. The Kier molecular flexibility index (Phi) is 3.57. The van der Waals surface area contributed by atoms with Crippen molar-refractivity contribution >= 4 is 28.4 Å². The van der Waals surface area contributed by atoms with E-state index in [1.165, 1.54) is 10.7 Å². The van der Waals surface area contributed by atoms with Crippen LogP contribution in [0.2, 0.25) is 0 Å². The molecule has 2 N–H and O–H groups in total. The maximum atomic E-state index is 13.7. The Hall–Kier alpha value is -2.41. The predicted molar refractivity (Wildman–Crippen MR) is 80.5 cm³/mol. The van der Waals surface area contributed by atoms with Crippen molar-refractivity contribution in [2.75, 3.05) is 5.73 Å². The number of nitrogens with zero attached hydrogens (tertiary/aromatic N) is 3. The molecular formula is C14H11FN4OS. The van der Waals surface area contributed by atoms with Gasteiger partial charge in [0.05, 0.1) is 11.3 Å². The van der Waals surface area contributed by atoms with E-state index in [4.69, 9.17) is 5.73 Å². The molecule has 0 amide bonds. The molecule has 0 saturated carbocycles. The number of fused-ring (bicyclic) bond motifs is 1. The number of halogens is 1. The van der Waals surface area contributed by atoms with E-state index in [1.54, 1.807) is 36.4 Å². The summed E-state index contributed by atoms with van der Waals surface area (Å²) in [5, 5.41) is 8.32. The lowest BCUT2D eigenvalue weighted by atomic mass is 10.2. The summed E-state index contributed by atoms with van der Waals surface area (Å²) >= 11 is 1.16. The molecule has 7 heteroatoms. The van der Waals surface area contributed by atoms with Crippen molar-refractivity contribution in [2.45, 2.75) is 10.8 Å². The summed E-state index contributed by atoms with van der Waals surface area (Å²) in [7, 11) is 0. The molecule has 0 bridgehead atoms. The molecule has 0 saturated heterocycles. The molecule has 0 aliphatic heterocycles. The minimum absolute atomic E-state index is 0.178. The van der Waals surface area contributed by atoms with Gasteiger partial charge in [-0.25, -0.2) is 9.07 Å². The van der Waals surface area contributed by atoms with Crippen LogP contribution in [0.15, 0.2) is 52.2 Å². The SMILES string of the molecule is Nc1ccc(SCn2nnc3ccccc3c2=O)c(F)c1. The molecule has 0 aliphatic carbocycles. The zero-order chi connectivity index (χ0) is 14.8. The van der Waals surface area contributed by atoms with Crippen LogP contribution in [-0.2, 0) is 5.88 Å². The Morgan fingerprint density at radius 3 is 2.86 bits per heavy atom. The molecule has 3 rings (SSSR count). The van der Waals surface area contributed by atoms with E-state index in [0.717, 1.165) is 11.8 Å². The van der Waals surface area contributed by atoms with Crippen LogP contribution < -0.4 is 11.3 Å². The molecule has 0 radical (unpaired) electrons. The first-order chi connectivity index (χ1) is 10.1. The average molecular weight is 302 g/mol. The van der Waals surface area contributed by atoms with E-state index < -0.39 is 5.82 Å². The number of hydrogen-bond acceptors (Lipinski definition) is 5. The van der Waals surface area contributed by atoms with Crippen LogP contribution in [0, 0.1) is 5.82 Å². The minimum Gasteiger partial charge on any atom is -0.399 e. The summed E-state index contributed by atoms with van der Waals surface area (Å²) in [6.45, 7) is 0. The second kappa shape index (κ2) is 5.53. The minimum atomic E-state index is -0.415. The van der Waals surface area contributed by atoms with Gasteiger partial charge in [-0.15, -0.1) is 5.10 Å². The summed E-state index contributed by atoms with van der Waals surface area (Å²) in [6, 6.07) is 11.4. The monoisotopic (exact) mass is 302 g/mol. The Morgan fingerprint density at radius 1 is 1.24 bits per heavy atom. The molecule has 3 aromatic rings. The number of nitrogen functional groups attached to an aromatic ring is 1. The number of nitrogens with two attached hydrogens (primary N) is 1. The highest BCUT2D eigenvalue weighted by Gasteiger charge is 2.07. The molecule has 1 aromatic heterocycles. The fourth-order valence-corrected chi connectivity index (χ4v) is 2.66. The van der Waals surface area contributed by atoms with Gasteiger partial charge in [0, 0.05) is 10.6 Å². The molecule has 0 unspecified atom stereocenters. The second-order valence-electron chi connectivity index (χ2n) is 4.37. The fourth-order valence-electron chi connectivity index (χ4n) is 1.87. The molecule has 0 fully saturated rings. The topological polar surface area (TPSA) is 73.8 Å². The van der Waals surface area contributed by atoms with E-state index in [2.05, 4.69) is 10.3 Å². The first-order valence-electron chi connectivity index (χ1n) is 6.15. The van der Waals surface area contributed by atoms with Crippen LogP contribution >= 0.6 is 11.8 Å². The van der Waals surface area contributed by atoms with Gasteiger partial charge >= 0.3 is 0 Å². The summed E-state index contributed by atoms with van der Waals surface area (Å²) in [5.41, 5.74) is 6.15. The van der Waals surface area contributed by atoms with Crippen LogP contribution in [0.3, 0.4) is 0 Å². The smallest absolute Gasteiger partial charge is 0.278 e. The normalized spacial score (nSPS) is 10.9. The highest BCUT2D eigenvalue weighted by molar-refractivity contribution is 7.98. The average Bonchev–Trinajstić information content (AvgIpc) is 2.48. The van der Waals surface area contributed by atoms with Crippen molar-refractivity contribution < 1.29 is 4.39 Å². The standard InChI is InChI=1S/C14H11FN4OS/c15-11-7-9(16)5-6-13(11)21-8-19-14(20)10-3-1-2-4-12(10)17-18-19/h1-7H,8,16H2. The highest BCUT2D eigenvalue weighted by atomic mass is 32.2. The Balaban J connectivity index is 1.88. The van der Waals surface area contributed by atoms with Crippen LogP contribution in [0.1, 0.15) is 0 Å². The summed E-state index contributed by atoms with van der Waals surface area (Å²) in [4.78, 5) is 12.6. The quantitative estimate of drug-likeness (QED) is 0.593. The van der Waals surface area contributed by atoms with Gasteiger partial charge in [-0.1, -0.05) is 29.1 Å². The van der Waals surface area contributed by atoms with Crippen LogP contribution in [0.5, 0.6) is 0 Å². The van der Waals surface area contributed by atoms with E-state index in [-0.39, 0.29) is 11.4 Å². The largest absolute Gasteiger partial charge is 0.399 e. The van der Waals surface area contributed by atoms with Gasteiger partial charge in [-0.3, -0.25) is 4.79 Å². The highest BCUT2D eigenvalue weighted by Crippen LogP contribution is 2.24. The Morgan fingerprint density at radius 2 is 2.05 bits per heavy atom. The lowest BCUT2D eigenvalue weighted by molar-refractivity contribution is 0.600. The maximum Gasteiger partial charge on any atom is 0.278 e. The van der Waals surface area contributed by atoms with Gasteiger partial charge in [-0.2, -0.15) is 0 Å². The summed E-state index contributed by atoms with van der Waals surface area (Å²) < 4.78 is 14.9. The fraction of sp³-hybridized carbons (Fsp3) is 0.0714. The third-order valence-corrected chi connectivity index (χ3v) is 3.94. The van der Waals surface area contributed by atoms with Crippen molar-refractivity contribution in [3.05, 3.63) is 58.6 Å². The Labute approximate surface area is 123 Å². The lowest BCUT2D eigenvalue weighted by Gasteiger charge is -2.06. The maximum absolute atomic E-state index is 13.7. The summed E-state index contributed by atoms with van der Waals surface area (Å²) in [5.74, 6) is -0.237. The third kappa shape index (κ3) is 2.73. The number of thioether (sulfide) groups is 1. The van der Waals surface area contributed by atoms with Crippen molar-refractivity contribution in [2.24, 2.45) is 0 Å². The van der Waals surface area contributed by atoms with Crippen molar-refractivity contribution in [3.8, 4) is 0 Å². The zero-order valence-electron chi connectivity index (χ0n) is 10.9. The molecule has 106 valence electrons.